The van der Waals surface area contributed by atoms with Gasteiger partial charge in [-0.1, -0.05) is 18.1 Å². The first-order chi connectivity index (χ1) is 8.51. The maximum absolute atomic E-state index is 12.1. The van der Waals surface area contributed by atoms with E-state index in [1.54, 1.807) is 12.1 Å². The number of ether oxygens (including phenoxy) is 1. The highest BCUT2D eigenvalue weighted by Crippen LogP contribution is 2.15. The summed E-state index contributed by atoms with van der Waals surface area (Å²) < 4.78 is 4.51. The highest BCUT2D eigenvalue weighted by Gasteiger charge is 2.32. The van der Waals surface area contributed by atoms with Crippen LogP contribution in [-0.4, -0.2) is 30.1 Å². The molecule has 0 aromatic heterocycles. The molecule has 2 atom stereocenters. The highest BCUT2D eigenvalue weighted by atomic mass is 16.5. The second-order valence-electron chi connectivity index (χ2n) is 3.83. The van der Waals surface area contributed by atoms with Gasteiger partial charge in [-0.15, -0.1) is 6.42 Å². The molecule has 1 aromatic carbocycles. The molecule has 1 aromatic rings. The van der Waals surface area contributed by atoms with Gasteiger partial charge in [-0.05, 0) is 19.1 Å². The average Bonchev–Trinajstić information content (AvgIpc) is 2.38. The van der Waals surface area contributed by atoms with Crippen LogP contribution in [0.25, 0.3) is 0 Å². The molecule has 4 heteroatoms. The molecule has 0 heterocycles. The smallest absolute Gasteiger partial charge is 0.319 e. The Morgan fingerprint density at radius 2 is 1.89 bits per heavy atom. The Morgan fingerprint density at radius 1 is 1.33 bits per heavy atom. The maximum atomic E-state index is 12.1. The first-order valence-electron chi connectivity index (χ1n) is 5.38. The molecule has 0 saturated heterocycles. The molecular formula is C14H14O4. The van der Waals surface area contributed by atoms with E-state index in [4.69, 9.17) is 6.42 Å². The van der Waals surface area contributed by atoms with Crippen molar-refractivity contribution in [3.05, 3.63) is 35.4 Å². The molecule has 0 radical (unpaired) electrons. The lowest BCUT2D eigenvalue weighted by molar-refractivity contribution is -0.146. The molecule has 1 unspecified atom stereocenters. The third-order valence-electron chi connectivity index (χ3n) is 2.56. The van der Waals surface area contributed by atoms with Gasteiger partial charge in [0.1, 0.15) is 5.92 Å². The number of ketones is 1. The third-order valence-corrected chi connectivity index (χ3v) is 2.56. The number of methoxy groups -OCH3 is 1. The second-order valence-corrected chi connectivity index (χ2v) is 3.83. The van der Waals surface area contributed by atoms with Gasteiger partial charge in [0.15, 0.2) is 5.78 Å². The van der Waals surface area contributed by atoms with Crippen molar-refractivity contribution in [3.63, 3.8) is 0 Å². The fourth-order valence-electron chi connectivity index (χ4n) is 1.56. The third kappa shape index (κ3) is 2.96. The van der Waals surface area contributed by atoms with Gasteiger partial charge in [0.25, 0.3) is 0 Å². The van der Waals surface area contributed by atoms with Crippen LogP contribution in [0.4, 0.5) is 0 Å². The summed E-state index contributed by atoms with van der Waals surface area (Å²) in [7, 11) is 1.17. The number of hydrogen-bond donors (Lipinski definition) is 1. The first kappa shape index (κ1) is 13.9. The number of terminal acetylenes is 1. The standard InChI is InChI=1S/C14H14O4/c1-4-10-5-7-11(8-6-10)13(16)12(9(2)15)14(17)18-3/h1,5-9,12,15H,2-3H3/t9?,12-/m0/s1. The minimum Gasteiger partial charge on any atom is -0.468 e. The topological polar surface area (TPSA) is 63.6 Å². The zero-order valence-corrected chi connectivity index (χ0v) is 10.2. The molecule has 1 rings (SSSR count). The van der Waals surface area contributed by atoms with Crippen LogP contribution < -0.4 is 0 Å². The fourth-order valence-corrected chi connectivity index (χ4v) is 1.56. The molecule has 0 saturated carbocycles. The summed E-state index contributed by atoms with van der Waals surface area (Å²) >= 11 is 0. The van der Waals surface area contributed by atoms with Gasteiger partial charge in [0.2, 0.25) is 0 Å². The van der Waals surface area contributed by atoms with Gasteiger partial charge < -0.3 is 9.84 Å². The lowest BCUT2D eigenvalue weighted by Gasteiger charge is -2.16. The van der Waals surface area contributed by atoms with Crippen molar-refractivity contribution in [2.75, 3.05) is 7.11 Å². The number of benzene rings is 1. The van der Waals surface area contributed by atoms with Crippen LogP contribution in [0.2, 0.25) is 0 Å². The Kier molecular flexibility index (Phi) is 4.64. The molecule has 0 aliphatic rings. The summed E-state index contributed by atoms with van der Waals surface area (Å²) in [5, 5.41) is 9.49. The summed E-state index contributed by atoms with van der Waals surface area (Å²) in [6.07, 6.45) is 4.09. The van der Waals surface area contributed by atoms with Gasteiger partial charge in [-0.3, -0.25) is 9.59 Å². The number of Topliss-reactive ketones (excluding diaryl/α,β-unsaturated/α-hetero) is 1. The van der Waals surface area contributed by atoms with Crippen molar-refractivity contribution in [3.8, 4) is 12.3 Å². The average molecular weight is 246 g/mol. The lowest BCUT2D eigenvalue weighted by atomic mass is 9.93. The number of carbonyl (C=O) groups excluding carboxylic acids is 2. The molecule has 0 bridgehead atoms. The molecule has 1 N–H and O–H groups in total. The van der Waals surface area contributed by atoms with E-state index in [9.17, 15) is 14.7 Å². The van der Waals surface area contributed by atoms with Crippen LogP contribution in [0.5, 0.6) is 0 Å². The molecule has 0 fully saturated rings. The molecule has 0 aliphatic heterocycles. The Hall–Kier alpha value is -2.12. The molecule has 0 amide bonds. The SMILES string of the molecule is C#Cc1ccc(C(=O)[C@@H](C(=O)OC)C(C)O)cc1. The van der Waals surface area contributed by atoms with E-state index in [2.05, 4.69) is 10.7 Å². The van der Waals surface area contributed by atoms with Crippen LogP contribution >= 0.6 is 0 Å². The predicted molar refractivity (Wildman–Crippen MR) is 65.9 cm³/mol. The van der Waals surface area contributed by atoms with Crippen molar-refractivity contribution in [1.29, 1.82) is 0 Å². The Labute approximate surface area is 106 Å². The van der Waals surface area contributed by atoms with E-state index in [-0.39, 0.29) is 0 Å². The first-order valence-corrected chi connectivity index (χ1v) is 5.38. The highest BCUT2D eigenvalue weighted by molar-refractivity contribution is 6.09. The zero-order valence-electron chi connectivity index (χ0n) is 10.2. The van der Waals surface area contributed by atoms with Crippen molar-refractivity contribution < 1.29 is 19.4 Å². The minimum absolute atomic E-state index is 0.310. The second kappa shape index (κ2) is 5.99. The van der Waals surface area contributed by atoms with E-state index in [1.807, 2.05) is 0 Å². The summed E-state index contributed by atoms with van der Waals surface area (Å²) in [6, 6.07) is 6.25. The van der Waals surface area contributed by atoms with Crippen LogP contribution in [0.15, 0.2) is 24.3 Å². The van der Waals surface area contributed by atoms with E-state index in [0.29, 0.717) is 11.1 Å². The van der Waals surface area contributed by atoms with Gasteiger partial charge in [0, 0.05) is 11.1 Å². The van der Waals surface area contributed by atoms with Gasteiger partial charge in [-0.2, -0.15) is 0 Å². The quantitative estimate of drug-likeness (QED) is 0.373. The monoisotopic (exact) mass is 246 g/mol. The number of hydrogen-bond acceptors (Lipinski definition) is 4. The van der Waals surface area contributed by atoms with Crippen LogP contribution in [0.3, 0.4) is 0 Å². The van der Waals surface area contributed by atoms with Gasteiger partial charge in [0.05, 0.1) is 13.2 Å². The van der Waals surface area contributed by atoms with Crippen molar-refractivity contribution in [1.82, 2.24) is 0 Å². The number of esters is 1. The van der Waals surface area contributed by atoms with E-state index < -0.39 is 23.8 Å². The largest absolute Gasteiger partial charge is 0.468 e. The lowest BCUT2D eigenvalue weighted by Crippen LogP contribution is -2.34. The zero-order chi connectivity index (χ0) is 13.7. The van der Waals surface area contributed by atoms with E-state index >= 15 is 0 Å². The maximum Gasteiger partial charge on any atom is 0.319 e. The normalized spacial score (nSPS) is 13.2. The van der Waals surface area contributed by atoms with Gasteiger partial charge in [-0.25, -0.2) is 0 Å². The summed E-state index contributed by atoms with van der Waals surface area (Å²) in [6.45, 7) is 1.37. The van der Waals surface area contributed by atoms with Crippen molar-refractivity contribution in [2.45, 2.75) is 13.0 Å². The molecule has 0 aliphatic carbocycles. The molecule has 0 spiro atoms. The summed E-state index contributed by atoms with van der Waals surface area (Å²) in [4.78, 5) is 23.5. The number of aliphatic hydroxyl groups excluding tert-OH is 1. The summed E-state index contributed by atoms with van der Waals surface area (Å²) in [5.41, 5.74) is 0.948. The van der Waals surface area contributed by atoms with Gasteiger partial charge >= 0.3 is 5.97 Å². The molecule has 4 nitrogen and oxygen atoms in total. The molecule has 18 heavy (non-hydrogen) atoms. The number of aliphatic hydroxyl groups is 1. The van der Waals surface area contributed by atoms with Crippen LogP contribution in [-0.2, 0) is 9.53 Å². The predicted octanol–water partition coefficient (Wildman–Crippen LogP) is 1.02. The minimum atomic E-state index is -1.22. The Bertz CT molecular complexity index is 480. The molecular weight excluding hydrogens is 232 g/mol. The number of carbonyl (C=O) groups is 2. The van der Waals surface area contributed by atoms with E-state index in [0.717, 1.165) is 0 Å². The van der Waals surface area contributed by atoms with Crippen molar-refractivity contribution >= 4 is 11.8 Å². The Morgan fingerprint density at radius 3 is 2.28 bits per heavy atom. The van der Waals surface area contributed by atoms with Crippen LogP contribution in [0, 0.1) is 18.3 Å². The summed E-state index contributed by atoms with van der Waals surface area (Å²) in [5.74, 6) is -0.0287. The van der Waals surface area contributed by atoms with Crippen molar-refractivity contribution in [2.24, 2.45) is 5.92 Å². The van der Waals surface area contributed by atoms with Crippen LogP contribution in [0.1, 0.15) is 22.8 Å². The fraction of sp³-hybridized carbons (Fsp3) is 0.286. The number of rotatable bonds is 4. The molecule has 94 valence electrons. The Balaban J connectivity index is 3.03. The van der Waals surface area contributed by atoms with E-state index in [1.165, 1.54) is 26.2 Å².